The number of benzene rings is 2. The van der Waals surface area contributed by atoms with Gasteiger partial charge >= 0.3 is 0 Å². The van der Waals surface area contributed by atoms with E-state index in [0.717, 1.165) is 28.0 Å². The zero-order chi connectivity index (χ0) is 17.8. The molecule has 3 aromatic rings. The predicted molar refractivity (Wildman–Crippen MR) is 98.9 cm³/mol. The van der Waals surface area contributed by atoms with Gasteiger partial charge in [-0.05, 0) is 30.3 Å². The normalized spacial score (nSPS) is 10.5. The monoisotopic (exact) mass is 336 g/mol. The average molecular weight is 336 g/mol. The molecule has 128 valence electrons. The van der Waals surface area contributed by atoms with Crippen molar-refractivity contribution in [3.8, 4) is 5.75 Å². The Morgan fingerprint density at radius 1 is 1.12 bits per heavy atom. The number of methoxy groups -OCH3 is 1. The van der Waals surface area contributed by atoms with Gasteiger partial charge < -0.3 is 10.1 Å². The van der Waals surface area contributed by atoms with Crippen molar-refractivity contribution in [1.82, 2.24) is 9.97 Å². The largest absolute Gasteiger partial charge is 0.497 e. The van der Waals surface area contributed by atoms with Gasteiger partial charge in [0.25, 0.3) is 0 Å². The van der Waals surface area contributed by atoms with Gasteiger partial charge in [-0.3, -0.25) is 9.69 Å². The van der Waals surface area contributed by atoms with E-state index in [9.17, 15) is 4.79 Å². The quantitative estimate of drug-likeness (QED) is 0.775. The lowest BCUT2D eigenvalue weighted by molar-refractivity contribution is -0.116. The molecule has 6 nitrogen and oxygen atoms in total. The fourth-order valence-corrected chi connectivity index (χ4v) is 2.45. The van der Waals surface area contributed by atoms with Crippen LogP contribution in [-0.4, -0.2) is 30.0 Å². The number of nitrogens with zero attached hydrogens (tertiary/aromatic N) is 3. The maximum absolute atomic E-state index is 11.6. The summed E-state index contributed by atoms with van der Waals surface area (Å²) in [6.45, 7) is 2.02. The van der Waals surface area contributed by atoms with Crippen LogP contribution in [0.25, 0.3) is 10.9 Å². The van der Waals surface area contributed by atoms with Gasteiger partial charge in [-0.1, -0.05) is 18.2 Å². The Labute approximate surface area is 146 Å². The summed E-state index contributed by atoms with van der Waals surface area (Å²) in [5.74, 6) is 1.10. The number of hydrogen-bond acceptors (Lipinski definition) is 5. The van der Waals surface area contributed by atoms with Crippen molar-refractivity contribution < 1.29 is 9.53 Å². The van der Waals surface area contributed by atoms with Crippen LogP contribution < -0.4 is 15.0 Å². The molecule has 6 heteroatoms. The third kappa shape index (κ3) is 3.68. The van der Waals surface area contributed by atoms with Crippen molar-refractivity contribution in [3.63, 3.8) is 0 Å². The fraction of sp³-hybridized carbons (Fsp3) is 0.211. The molecule has 0 unspecified atom stereocenters. The number of anilines is 2. The maximum atomic E-state index is 11.6. The Kier molecular flexibility index (Phi) is 4.79. The number of hydrogen-bond donors (Lipinski definition) is 1. The number of rotatable bonds is 5. The second-order valence-electron chi connectivity index (χ2n) is 5.65. The van der Waals surface area contributed by atoms with E-state index in [-0.39, 0.29) is 5.91 Å². The number of carbonyl (C=O) groups excluding carboxylic acids is 1. The smallest absolute Gasteiger partial charge is 0.232 e. The fourth-order valence-electron chi connectivity index (χ4n) is 2.45. The van der Waals surface area contributed by atoms with Crippen molar-refractivity contribution in [3.05, 3.63) is 54.2 Å². The van der Waals surface area contributed by atoms with Crippen molar-refractivity contribution in [1.29, 1.82) is 0 Å². The number of carbonyl (C=O) groups is 1. The number of aromatic nitrogens is 2. The Bertz CT molecular complexity index is 894. The molecular weight excluding hydrogens is 316 g/mol. The standard InChI is InChI=1S/C19H20N4O2/c1-13(24)23(2)19-21-17-7-5-4-6-16(17)18(22-19)12-20-14-8-10-15(25-3)11-9-14/h4-11,20H,12H2,1-3H3. The van der Waals surface area contributed by atoms with E-state index < -0.39 is 0 Å². The third-order valence-corrected chi connectivity index (χ3v) is 3.99. The van der Waals surface area contributed by atoms with E-state index in [0.29, 0.717) is 12.5 Å². The first-order valence-corrected chi connectivity index (χ1v) is 7.96. The molecule has 0 spiro atoms. The van der Waals surface area contributed by atoms with E-state index in [1.165, 1.54) is 11.8 Å². The second kappa shape index (κ2) is 7.17. The average Bonchev–Trinajstić information content (AvgIpc) is 2.65. The summed E-state index contributed by atoms with van der Waals surface area (Å²) in [5, 5.41) is 4.31. The Hall–Kier alpha value is -3.15. The highest BCUT2D eigenvalue weighted by Crippen LogP contribution is 2.21. The zero-order valence-electron chi connectivity index (χ0n) is 14.5. The van der Waals surface area contributed by atoms with Crippen LogP contribution in [-0.2, 0) is 11.3 Å². The van der Waals surface area contributed by atoms with Gasteiger partial charge in [-0.15, -0.1) is 0 Å². The van der Waals surface area contributed by atoms with Gasteiger partial charge in [0.15, 0.2) is 0 Å². The highest BCUT2D eigenvalue weighted by molar-refractivity contribution is 5.90. The van der Waals surface area contributed by atoms with E-state index in [2.05, 4.69) is 15.3 Å². The van der Waals surface area contributed by atoms with Gasteiger partial charge in [0.2, 0.25) is 11.9 Å². The summed E-state index contributed by atoms with van der Waals surface area (Å²) in [6.07, 6.45) is 0. The first-order chi connectivity index (χ1) is 12.1. The van der Waals surface area contributed by atoms with E-state index in [1.54, 1.807) is 14.2 Å². The van der Waals surface area contributed by atoms with E-state index in [4.69, 9.17) is 4.74 Å². The molecule has 25 heavy (non-hydrogen) atoms. The summed E-state index contributed by atoms with van der Waals surface area (Å²) in [7, 11) is 3.32. The molecule has 0 aliphatic rings. The topological polar surface area (TPSA) is 67.3 Å². The van der Waals surface area contributed by atoms with Crippen molar-refractivity contribution >= 4 is 28.4 Å². The number of ether oxygens (including phenoxy) is 1. The van der Waals surface area contributed by atoms with Crippen molar-refractivity contribution in [2.24, 2.45) is 0 Å². The lowest BCUT2D eigenvalue weighted by Gasteiger charge is -2.16. The molecule has 2 aromatic carbocycles. The van der Waals surface area contributed by atoms with Crippen LogP contribution >= 0.6 is 0 Å². The Morgan fingerprint density at radius 2 is 1.84 bits per heavy atom. The summed E-state index contributed by atoms with van der Waals surface area (Å²) in [6, 6.07) is 15.5. The van der Waals surface area contributed by atoms with Crippen LogP contribution in [0.5, 0.6) is 5.75 Å². The molecule has 0 atom stereocenters. The van der Waals surface area contributed by atoms with Gasteiger partial charge in [0.05, 0.1) is 24.9 Å². The van der Waals surface area contributed by atoms with Crippen LogP contribution in [0.3, 0.4) is 0 Å². The van der Waals surface area contributed by atoms with Gasteiger partial charge in [0.1, 0.15) is 5.75 Å². The molecule has 0 fully saturated rings. The molecule has 3 rings (SSSR count). The van der Waals surface area contributed by atoms with Crippen molar-refractivity contribution in [2.75, 3.05) is 24.4 Å². The number of amides is 1. The molecule has 0 bridgehead atoms. The minimum absolute atomic E-state index is 0.107. The summed E-state index contributed by atoms with van der Waals surface area (Å²) in [5.41, 5.74) is 2.61. The molecule has 0 aliphatic carbocycles. The maximum Gasteiger partial charge on any atom is 0.232 e. The van der Waals surface area contributed by atoms with Crippen LogP contribution in [0.1, 0.15) is 12.6 Å². The minimum atomic E-state index is -0.107. The third-order valence-electron chi connectivity index (χ3n) is 3.99. The summed E-state index contributed by atoms with van der Waals surface area (Å²) in [4.78, 5) is 22.2. The summed E-state index contributed by atoms with van der Waals surface area (Å²) < 4.78 is 5.17. The first-order valence-electron chi connectivity index (χ1n) is 7.96. The minimum Gasteiger partial charge on any atom is -0.497 e. The molecular formula is C19H20N4O2. The molecule has 0 saturated heterocycles. The molecule has 0 radical (unpaired) electrons. The molecule has 0 aliphatic heterocycles. The van der Waals surface area contributed by atoms with Gasteiger partial charge in [0, 0.05) is 25.0 Å². The van der Waals surface area contributed by atoms with E-state index in [1.807, 2.05) is 48.5 Å². The molecule has 1 amide bonds. The van der Waals surface area contributed by atoms with Gasteiger partial charge in [-0.2, -0.15) is 0 Å². The molecule has 1 heterocycles. The van der Waals surface area contributed by atoms with Crippen LogP contribution in [0, 0.1) is 0 Å². The van der Waals surface area contributed by atoms with E-state index >= 15 is 0 Å². The Morgan fingerprint density at radius 3 is 2.52 bits per heavy atom. The van der Waals surface area contributed by atoms with Crippen LogP contribution in [0.15, 0.2) is 48.5 Å². The highest BCUT2D eigenvalue weighted by Gasteiger charge is 2.13. The summed E-state index contributed by atoms with van der Waals surface area (Å²) >= 11 is 0. The molecule has 1 aromatic heterocycles. The lowest BCUT2D eigenvalue weighted by atomic mass is 10.2. The highest BCUT2D eigenvalue weighted by atomic mass is 16.5. The second-order valence-corrected chi connectivity index (χ2v) is 5.65. The Balaban J connectivity index is 1.91. The number of fused-ring (bicyclic) bond motifs is 1. The zero-order valence-corrected chi connectivity index (χ0v) is 14.5. The van der Waals surface area contributed by atoms with Gasteiger partial charge in [-0.25, -0.2) is 9.97 Å². The number of nitrogens with one attached hydrogen (secondary N) is 1. The van der Waals surface area contributed by atoms with Crippen molar-refractivity contribution in [2.45, 2.75) is 13.5 Å². The number of para-hydroxylation sites is 1. The van der Waals surface area contributed by atoms with Crippen LogP contribution in [0.4, 0.5) is 11.6 Å². The molecule has 1 N–H and O–H groups in total. The first kappa shape index (κ1) is 16.7. The SMILES string of the molecule is COc1ccc(NCc2nc(N(C)C(C)=O)nc3ccccc23)cc1. The molecule has 0 saturated carbocycles. The predicted octanol–water partition coefficient (Wildman–Crippen LogP) is 3.23. The van der Waals surface area contributed by atoms with Crippen LogP contribution in [0.2, 0.25) is 0 Å². The lowest BCUT2D eigenvalue weighted by Crippen LogP contribution is -2.25.